The smallest absolute Gasteiger partial charge is 0.126 e. The van der Waals surface area contributed by atoms with Crippen molar-refractivity contribution in [2.24, 2.45) is 0 Å². The van der Waals surface area contributed by atoms with Gasteiger partial charge in [0.1, 0.15) is 5.01 Å². The lowest BCUT2D eigenvalue weighted by Gasteiger charge is -2.02. The average Bonchev–Trinajstić information content (AvgIpc) is 3.04. The van der Waals surface area contributed by atoms with Crippen molar-refractivity contribution >= 4 is 38.0 Å². The highest BCUT2D eigenvalue weighted by molar-refractivity contribution is 9.10. The van der Waals surface area contributed by atoms with Crippen molar-refractivity contribution in [2.75, 3.05) is 0 Å². The fourth-order valence-electron chi connectivity index (χ4n) is 2.46. The Morgan fingerprint density at radius 1 is 0.955 bits per heavy atom. The third-order valence-corrected chi connectivity index (χ3v) is 4.89. The van der Waals surface area contributed by atoms with E-state index in [1.54, 1.807) is 11.3 Å². The second-order valence-corrected chi connectivity index (χ2v) is 6.73. The summed E-state index contributed by atoms with van der Waals surface area (Å²) in [4.78, 5) is 9.14. The van der Waals surface area contributed by atoms with Gasteiger partial charge in [0.25, 0.3) is 0 Å². The molecule has 0 saturated heterocycles. The molecule has 0 unspecified atom stereocenters. The van der Waals surface area contributed by atoms with Crippen LogP contribution in [0, 0.1) is 0 Å². The Morgan fingerprint density at radius 3 is 2.77 bits per heavy atom. The van der Waals surface area contributed by atoms with Crippen molar-refractivity contribution < 1.29 is 0 Å². The van der Waals surface area contributed by atoms with Gasteiger partial charge in [0.05, 0.1) is 5.69 Å². The predicted octanol–water partition coefficient (Wildman–Crippen LogP) is 5.79. The van der Waals surface area contributed by atoms with E-state index < -0.39 is 0 Å². The van der Waals surface area contributed by atoms with E-state index in [2.05, 4.69) is 56.6 Å². The molecule has 0 radical (unpaired) electrons. The zero-order chi connectivity index (χ0) is 14.9. The highest BCUT2D eigenvalue weighted by Crippen LogP contribution is 2.33. The maximum absolute atomic E-state index is 4.80. The molecule has 4 heteroatoms. The lowest BCUT2D eigenvalue weighted by molar-refractivity contribution is 1.34. The van der Waals surface area contributed by atoms with E-state index in [1.807, 2.05) is 30.6 Å². The Labute approximate surface area is 140 Å². The highest BCUT2D eigenvalue weighted by atomic mass is 79.9. The Balaban J connectivity index is 1.84. The van der Waals surface area contributed by atoms with Crippen LogP contribution in [0.4, 0.5) is 0 Å². The number of pyridine rings is 1. The van der Waals surface area contributed by atoms with Gasteiger partial charge in [-0.1, -0.05) is 52.3 Å². The van der Waals surface area contributed by atoms with Gasteiger partial charge in [0.2, 0.25) is 0 Å². The molecule has 4 aromatic rings. The van der Waals surface area contributed by atoms with Gasteiger partial charge in [-0.25, -0.2) is 4.98 Å². The lowest BCUT2D eigenvalue weighted by Crippen LogP contribution is -1.84. The lowest BCUT2D eigenvalue weighted by atomic mass is 10.1. The maximum Gasteiger partial charge on any atom is 0.126 e. The molecule has 0 saturated carbocycles. The molecular formula is C18H11BrN2S. The minimum atomic E-state index is 0.995. The first-order valence-corrected chi connectivity index (χ1v) is 8.53. The van der Waals surface area contributed by atoms with E-state index in [1.165, 1.54) is 5.39 Å². The van der Waals surface area contributed by atoms with E-state index >= 15 is 0 Å². The standard InChI is InChI=1S/C18H11BrN2S/c19-14-6-3-5-12(8-14)17-11-22-18(21-17)16-10-20-9-13-4-1-2-7-15(13)16/h1-11H. The van der Waals surface area contributed by atoms with Crippen LogP contribution in [0.15, 0.2) is 70.8 Å². The van der Waals surface area contributed by atoms with Crippen LogP contribution in [0.5, 0.6) is 0 Å². The first-order chi connectivity index (χ1) is 10.8. The first kappa shape index (κ1) is 13.6. The highest BCUT2D eigenvalue weighted by Gasteiger charge is 2.10. The Hall–Kier alpha value is -2.04. The molecule has 0 amide bonds. The van der Waals surface area contributed by atoms with E-state index in [0.717, 1.165) is 31.7 Å². The predicted molar refractivity (Wildman–Crippen MR) is 96.0 cm³/mol. The topological polar surface area (TPSA) is 25.8 Å². The molecule has 0 spiro atoms. The summed E-state index contributed by atoms with van der Waals surface area (Å²) in [6, 6.07) is 16.5. The van der Waals surface area contributed by atoms with Crippen LogP contribution in [-0.2, 0) is 0 Å². The number of rotatable bonds is 2. The van der Waals surface area contributed by atoms with Gasteiger partial charge in [0, 0.05) is 38.8 Å². The fraction of sp³-hybridized carbons (Fsp3) is 0. The summed E-state index contributed by atoms with van der Waals surface area (Å²) < 4.78 is 1.06. The molecule has 106 valence electrons. The van der Waals surface area contributed by atoms with E-state index in [0.29, 0.717) is 0 Å². The Bertz CT molecular complexity index is 957. The number of hydrogen-bond donors (Lipinski definition) is 0. The molecule has 2 heterocycles. The molecule has 22 heavy (non-hydrogen) atoms. The van der Waals surface area contributed by atoms with Crippen molar-refractivity contribution in [2.45, 2.75) is 0 Å². The summed E-state index contributed by atoms with van der Waals surface area (Å²) in [6.45, 7) is 0. The van der Waals surface area contributed by atoms with Crippen LogP contribution in [-0.4, -0.2) is 9.97 Å². The Kier molecular flexibility index (Phi) is 3.48. The molecule has 2 aromatic heterocycles. The van der Waals surface area contributed by atoms with Gasteiger partial charge >= 0.3 is 0 Å². The van der Waals surface area contributed by atoms with E-state index in [9.17, 15) is 0 Å². The molecule has 2 aromatic carbocycles. The van der Waals surface area contributed by atoms with Crippen LogP contribution < -0.4 is 0 Å². The molecule has 0 fully saturated rings. The summed E-state index contributed by atoms with van der Waals surface area (Å²) in [5, 5.41) is 5.42. The summed E-state index contributed by atoms with van der Waals surface area (Å²) in [5.41, 5.74) is 3.20. The van der Waals surface area contributed by atoms with Gasteiger partial charge in [-0.15, -0.1) is 11.3 Å². The number of hydrogen-bond acceptors (Lipinski definition) is 3. The first-order valence-electron chi connectivity index (χ1n) is 6.86. The van der Waals surface area contributed by atoms with Crippen LogP contribution in [0.2, 0.25) is 0 Å². The number of thiazole rings is 1. The third kappa shape index (κ3) is 2.45. The molecule has 0 aliphatic heterocycles. The molecule has 0 N–H and O–H groups in total. The number of halogens is 1. The fourth-order valence-corrected chi connectivity index (χ4v) is 3.72. The number of benzene rings is 2. The SMILES string of the molecule is Brc1cccc(-c2csc(-c3cncc4ccccc34)n2)c1. The number of aromatic nitrogens is 2. The summed E-state index contributed by atoms with van der Waals surface area (Å²) in [7, 11) is 0. The zero-order valence-corrected chi connectivity index (χ0v) is 13.9. The maximum atomic E-state index is 4.80. The minimum Gasteiger partial charge on any atom is -0.263 e. The summed E-state index contributed by atoms with van der Waals surface area (Å²) >= 11 is 5.16. The van der Waals surface area contributed by atoms with Crippen LogP contribution in [0.3, 0.4) is 0 Å². The molecule has 4 rings (SSSR count). The number of nitrogens with zero attached hydrogens (tertiary/aromatic N) is 2. The van der Waals surface area contributed by atoms with Crippen LogP contribution in [0.25, 0.3) is 32.6 Å². The molecule has 0 bridgehead atoms. The second kappa shape index (κ2) is 5.63. The molecule has 2 nitrogen and oxygen atoms in total. The van der Waals surface area contributed by atoms with Gasteiger partial charge in [-0.2, -0.15) is 0 Å². The quantitative estimate of drug-likeness (QED) is 0.448. The van der Waals surface area contributed by atoms with Gasteiger partial charge in [-0.3, -0.25) is 4.98 Å². The monoisotopic (exact) mass is 366 g/mol. The van der Waals surface area contributed by atoms with Crippen molar-refractivity contribution in [3.63, 3.8) is 0 Å². The second-order valence-electron chi connectivity index (χ2n) is 4.96. The van der Waals surface area contributed by atoms with Crippen LogP contribution >= 0.6 is 27.3 Å². The largest absolute Gasteiger partial charge is 0.263 e. The number of fused-ring (bicyclic) bond motifs is 1. The van der Waals surface area contributed by atoms with Crippen LogP contribution in [0.1, 0.15) is 0 Å². The van der Waals surface area contributed by atoms with Crippen molar-refractivity contribution in [3.8, 4) is 21.8 Å². The van der Waals surface area contributed by atoms with Gasteiger partial charge < -0.3 is 0 Å². The van der Waals surface area contributed by atoms with Gasteiger partial charge in [0.15, 0.2) is 0 Å². The third-order valence-electron chi connectivity index (χ3n) is 3.52. The van der Waals surface area contributed by atoms with E-state index in [-0.39, 0.29) is 0 Å². The molecule has 0 atom stereocenters. The minimum absolute atomic E-state index is 0.995. The normalized spacial score (nSPS) is 11.0. The van der Waals surface area contributed by atoms with Crippen molar-refractivity contribution in [3.05, 3.63) is 70.8 Å². The zero-order valence-electron chi connectivity index (χ0n) is 11.5. The molecular weight excluding hydrogens is 356 g/mol. The summed E-state index contributed by atoms with van der Waals surface area (Å²) in [6.07, 6.45) is 3.79. The summed E-state index contributed by atoms with van der Waals surface area (Å²) in [5.74, 6) is 0. The average molecular weight is 367 g/mol. The van der Waals surface area contributed by atoms with Crippen molar-refractivity contribution in [1.82, 2.24) is 9.97 Å². The van der Waals surface area contributed by atoms with E-state index in [4.69, 9.17) is 4.98 Å². The molecule has 0 aliphatic rings. The Morgan fingerprint density at radius 2 is 1.86 bits per heavy atom. The van der Waals surface area contributed by atoms with Gasteiger partial charge in [-0.05, 0) is 17.5 Å². The van der Waals surface area contributed by atoms with Crippen molar-refractivity contribution in [1.29, 1.82) is 0 Å². The molecule has 0 aliphatic carbocycles.